The zero-order valence-electron chi connectivity index (χ0n) is 15.3. The number of rotatable bonds is 7. The van der Waals surface area contributed by atoms with Crippen LogP contribution in [0.5, 0.6) is 5.88 Å². The predicted molar refractivity (Wildman–Crippen MR) is 93.7 cm³/mol. The van der Waals surface area contributed by atoms with Crippen LogP contribution >= 0.6 is 0 Å². The molecular formula is C19H19F3N2O4. The minimum Gasteiger partial charge on any atom is -0.468 e. The van der Waals surface area contributed by atoms with Gasteiger partial charge in [-0.15, -0.1) is 0 Å². The molecule has 0 atom stereocenters. The molecule has 9 heteroatoms. The molecule has 0 unspecified atom stereocenters. The lowest BCUT2D eigenvalue weighted by atomic mass is 10.1. The van der Waals surface area contributed by atoms with Crippen molar-refractivity contribution in [2.45, 2.75) is 19.6 Å². The van der Waals surface area contributed by atoms with Crippen LogP contribution in [0.4, 0.5) is 13.2 Å². The Kier molecular flexibility index (Phi) is 6.97. The van der Waals surface area contributed by atoms with Gasteiger partial charge in [0.05, 0.1) is 12.7 Å². The van der Waals surface area contributed by atoms with E-state index >= 15 is 0 Å². The minimum atomic E-state index is -4.49. The second-order valence-corrected chi connectivity index (χ2v) is 5.95. The number of nitrogens with zero attached hydrogens (tertiary/aromatic N) is 2. The van der Waals surface area contributed by atoms with Gasteiger partial charge in [-0.1, -0.05) is 24.3 Å². The van der Waals surface area contributed by atoms with Crippen molar-refractivity contribution in [2.24, 2.45) is 0 Å². The first-order valence-corrected chi connectivity index (χ1v) is 8.26. The molecule has 28 heavy (non-hydrogen) atoms. The quantitative estimate of drug-likeness (QED) is 0.673. The average molecular weight is 396 g/mol. The Hall–Kier alpha value is -3.10. The van der Waals surface area contributed by atoms with Gasteiger partial charge in [0.1, 0.15) is 6.54 Å². The van der Waals surface area contributed by atoms with Crippen molar-refractivity contribution in [2.75, 3.05) is 20.3 Å². The molecule has 0 radical (unpaired) electrons. The van der Waals surface area contributed by atoms with Gasteiger partial charge in [-0.2, -0.15) is 13.2 Å². The first-order chi connectivity index (χ1) is 13.2. The molecule has 0 fully saturated rings. The van der Waals surface area contributed by atoms with Gasteiger partial charge >= 0.3 is 12.1 Å². The number of carbonyl (C=O) groups is 2. The normalized spacial score (nSPS) is 11.0. The number of esters is 1. The van der Waals surface area contributed by atoms with Crippen LogP contribution in [0.1, 0.15) is 21.5 Å². The number of halogens is 3. The minimum absolute atomic E-state index is 0.108. The lowest BCUT2D eigenvalue weighted by Crippen LogP contribution is -2.36. The summed E-state index contributed by atoms with van der Waals surface area (Å²) in [5.74, 6) is -1.36. The fraction of sp³-hybridized carbons (Fsp3) is 0.316. The lowest BCUT2D eigenvalue weighted by molar-refractivity contribution is -0.154. The summed E-state index contributed by atoms with van der Waals surface area (Å²) < 4.78 is 45.7. The molecule has 0 bridgehead atoms. The highest BCUT2D eigenvalue weighted by Gasteiger charge is 2.28. The van der Waals surface area contributed by atoms with Crippen LogP contribution < -0.4 is 4.74 Å². The maximum atomic E-state index is 12.8. The van der Waals surface area contributed by atoms with E-state index < -0.39 is 24.7 Å². The van der Waals surface area contributed by atoms with Gasteiger partial charge in [-0.3, -0.25) is 9.59 Å². The monoisotopic (exact) mass is 396 g/mol. The number of aryl methyl sites for hydroxylation is 1. The fourth-order valence-electron chi connectivity index (χ4n) is 2.34. The van der Waals surface area contributed by atoms with Crippen LogP contribution in [0.15, 0.2) is 42.6 Å². The zero-order valence-corrected chi connectivity index (χ0v) is 15.3. The van der Waals surface area contributed by atoms with Crippen molar-refractivity contribution < 1.29 is 32.2 Å². The van der Waals surface area contributed by atoms with Crippen molar-refractivity contribution in [3.05, 3.63) is 59.3 Å². The summed E-state index contributed by atoms with van der Waals surface area (Å²) in [7, 11) is 1.22. The summed E-state index contributed by atoms with van der Waals surface area (Å²) in [5.41, 5.74) is 1.90. The Bertz CT molecular complexity index is 823. The summed E-state index contributed by atoms with van der Waals surface area (Å²) in [6, 6.07) is 9.85. The molecular weight excluding hydrogens is 377 g/mol. The molecule has 0 aliphatic heterocycles. The van der Waals surface area contributed by atoms with Crippen molar-refractivity contribution in [1.82, 2.24) is 9.88 Å². The van der Waals surface area contributed by atoms with E-state index in [1.165, 1.54) is 24.1 Å². The van der Waals surface area contributed by atoms with Gasteiger partial charge in [0.2, 0.25) is 5.88 Å². The van der Waals surface area contributed by atoms with E-state index in [0.29, 0.717) is 0 Å². The number of aromatic nitrogens is 1. The third-order valence-corrected chi connectivity index (χ3v) is 3.82. The fourth-order valence-corrected chi connectivity index (χ4v) is 2.34. The van der Waals surface area contributed by atoms with E-state index in [1.54, 1.807) is 0 Å². The van der Waals surface area contributed by atoms with Crippen LogP contribution in [0, 0.1) is 6.92 Å². The number of hydrogen-bond donors (Lipinski definition) is 0. The summed E-state index contributed by atoms with van der Waals surface area (Å²) in [6.45, 7) is 0.280. The first-order valence-electron chi connectivity index (χ1n) is 8.26. The molecule has 1 aromatic heterocycles. The van der Waals surface area contributed by atoms with E-state index in [4.69, 9.17) is 0 Å². The molecule has 2 rings (SSSR count). The molecule has 0 spiro atoms. The molecule has 0 saturated carbocycles. The van der Waals surface area contributed by atoms with E-state index in [0.717, 1.165) is 17.3 Å². The second-order valence-electron chi connectivity index (χ2n) is 5.95. The van der Waals surface area contributed by atoms with Gasteiger partial charge in [0.15, 0.2) is 6.61 Å². The topological polar surface area (TPSA) is 68.7 Å². The summed E-state index contributed by atoms with van der Waals surface area (Å²) in [6.07, 6.45) is -3.38. The molecule has 2 aromatic rings. The Morgan fingerprint density at radius 1 is 1.14 bits per heavy atom. The third kappa shape index (κ3) is 6.26. The third-order valence-electron chi connectivity index (χ3n) is 3.82. The van der Waals surface area contributed by atoms with Gasteiger partial charge in [-0.25, -0.2) is 4.98 Å². The largest absolute Gasteiger partial charge is 0.468 e. The Morgan fingerprint density at radius 2 is 1.86 bits per heavy atom. The molecule has 0 saturated heterocycles. The number of hydrogen-bond acceptors (Lipinski definition) is 5. The van der Waals surface area contributed by atoms with Crippen molar-refractivity contribution in [1.29, 1.82) is 0 Å². The van der Waals surface area contributed by atoms with Gasteiger partial charge in [-0.05, 0) is 24.1 Å². The Labute approximate surface area is 159 Å². The molecule has 1 aromatic carbocycles. The van der Waals surface area contributed by atoms with Gasteiger partial charge in [0, 0.05) is 18.8 Å². The maximum absolute atomic E-state index is 12.8. The number of amides is 1. The van der Waals surface area contributed by atoms with Crippen LogP contribution in [0.25, 0.3) is 0 Å². The number of ether oxygens (including phenoxy) is 2. The molecule has 0 aliphatic rings. The highest BCUT2D eigenvalue weighted by molar-refractivity contribution is 5.95. The molecule has 6 nitrogen and oxygen atoms in total. The van der Waals surface area contributed by atoms with E-state index in [-0.39, 0.29) is 24.5 Å². The van der Waals surface area contributed by atoms with Crippen molar-refractivity contribution in [3.63, 3.8) is 0 Å². The van der Waals surface area contributed by atoms with Crippen LogP contribution in [-0.2, 0) is 16.1 Å². The Balaban J connectivity index is 2.17. The number of pyridine rings is 1. The number of alkyl halides is 3. The highest BCUT2D eigenvalue weighted by Crippen LogP contribution is 2.18. The maximum Gasteiger partial charge on any atom is 0.422 e. The number of methoxy groups -OCH3 is 1. The van der Waals surface area contributed by atoms with E-state index in [2.05, 4.69) is 14.5 Å². The van der Waals surface area contributed by atoms with Crippen LogP contribution in [-0.4, -0.2) is 48.2 Å². The predicted octanol–water partition coefficient (Wildman–Crippen LogP) is 3.15. The molecule has 0 N–H and O–H groups in total. The molecule has 1 amide bonds. The van der Waals surface area contributed by atoms with Gasteiger partial charge in [0.25, 0.3) is 5.91 Å². The van der Waals surface area contributed by atoms with Crippen molar-refractivity contribution in [3.8, 4) is 5.88 Å². The van der Waals surface area contributed by atoms with E-state index in [9.17, 15) is 22.8 Å². The van der Waals surface area contributed by atoms with E-state index in [1.807, 2.05) is 31.2 Å². The van der Waals surface area contributed by atoms with Crippen molar-refractivity contribution >= 4 is 11.9 Å². The summed E-state index contributed by atoms with van der Waals surface area (Å²) in [4.78, 5) is 29.5. The zero-order chi connectivity index (χ0) is 20.7. The number of carbonyl (C=O) groups excluding carboxylic acids is 2. The Morgan fingerprint density at radius 3 is 2.43 bits per heavy atom. The molecule has 150 valence electrons. The lowest BCUT2D eigenvalue weighted by Gasteiger charge is -2.22. The first kappa shape index (κ1) is 21.2. The molecule has 0 aliphatic carbocycles. The van der Waals surface area contributed by atoms with Gasteiger partial charge < -0.3 is 14.4 Å². The highest BCUT2D eigenvalue weighted by atomic mass is 19.4. The SMILES string of the molecule is COC(=O)CN(Cc1ccccc1C)C(=O)c1ccc(OCC(F)(F)F)nc1. The summed E-state index contributed by atoms with van der Waals surface area (Å²) >= 11 is 0. The van der Waals surface area contributed by atoms with Crippen LogP contribution in [0.3, 0.4) is 0 Å². The van der Waals surface area contributed by atoms with Crippen LogP contribution in [0.2, 0.25) is 0 Å². The smallest absolute Gasteiger partial charge is 0.422 e. The average Bonchev–Trinajstić information content (AvgIpc) is 2.66. The standard InChI is InChI=1S/C19H19F3N2O4/c1-13-5-3-4-6-15(13)10-24(11-17(25)27-2)18(26)14-7-8-16(23-9-14)28-12-19(20,21)22/h3-9H,10-12H2,1-2H3. The summed E-state index contributed by atoms with van der Waals surface area (Å²) in [5, 5.41) is 0. The molecule has 1 heterocycles. The second kappa shape index (κ2) is 9.20. The number of benzene rings is 1.